The number of ether oxygens (including phenoxy) is 1. The van der Waals surface area contributed by atoms with E-state index >= 15 is 0 Å². The van der Waals surface area contributed by atoms with Gasteiger partial charge in [-0.05, 0) is 31.4 Å². The average molecular weight is 508 g/mol. The molecular weight excluding hydrogens is 470 g/mol. The highest BCUT2D eigenvalue weighted by Crippen LogP contribution is 2.21. The maximum absolute atomic E-state index is 12.5. The van der Waals surface area contributed by atoms with Crippen LogP contribution in [-0.4, -0.2) is 88.4 Å². The highest BCUT2D eigenvalue weighted by atomic mass is 16.5. The Labute approximate surface area is 210 Å². The van der Waals surface area contributed by atoms with Crippen molar-refractivity contribution in [2.75, 3.05) is 31.6 Å². The van der Waals surface area contributed by atoms with Gasteiger partial charge in [0.25, 0.3) is 0 Å². The Hall–Kier alpha value is -3.41. The van der Waals surface area contributed by atoms with E-state index in [2.05, 4.69) is 20.9 Å². The number of hydrogen-bond acceptors (Lipinski definition) is 7. The Balaban J connectivity index is 1.80. The highest BCUT2D eigenvalue weighted by Gasteiger charge is 2.36. The smallest absolute Gasteiger partial charge is 0.407 e. The summed E-state index contributed by atoms with van der Waals surface area (Å²) >= 11 is 0. The minimum absolute atomic E-state index is 0.112. The number of nitrogens with one attached hydrogen (secondary N) is 3. The van der Waals surface area contributed by atoms with Crippen LogP contribution < -0.4 is 16.0 Å². The molecule has 3 amide bonds. The molecule has 36 heavy (non-hydrogen) atoms. The van der Waals surface area contributed by atoms with E-state index in [0.717, 1.165) is 12.8 Å². The molecule has 12 nitrogen and oxygen atoms in total. The molecule has 2 heterocycles. The van der Waals surface area contributed by atoms with Crippen molar-refractivity contribution >= 4 is 29.7 Å². The third-order valence-electron chi connectivity index (χ3n) is 6.02. The Morgan fingerprint density at radius 2 is 1.89 bits per heavy atom. The first-order chi connectivity index (χ1) is 17.2. The minimum atomic E-state index is -1.26. The van der Waals surface area contributed by atoms with Gasteiger partial charge in [0.05, 0.1) is 18.7 Å². The average Bonchev–Trinajstić information content (AvgIpc) is 3.27. The molecule has 0 radical (unpaired) electrons. The summed E-state index contributed by atoms with van der Waals surface area (Å²) in [5.74, 6) is -1.76. The molecule has 12 heteroatoms. The Morgan fingerprint density at radius 3 is 2.47 bits per heavy atom. The van der Waals surface area contributed by atoms with Gasteiger partial charge in [0.15, 0.2) is 0 Å². The maximum atomic E-state index is 12.5. The zero-order valence-electron chi connectivity index (χ0n) is 20.8. The van der Waals surface area contributed by atoms with Crippen LogP contribution in [0.1, 0.15) is 46.0 Å². The van der Waals surface area contributed by atoms with E-state index in [0.29, 0.717) is 31.6 Å². The highest BCUT2D eigenvalue weighted by molar-refractivity contribution is 5.86. The number of carboxylic acids is 1. The van der Waals surface area contributed by atoms with Crippen LogP contribution in [0.2, 0.25) is 0 Å². The Morgan fingerprint density at radius 1 is 1.17 bits per heavy atom. The number of carbonyl (C=O) groups is 4. The van der Waals surface area contributed by atoms with Crippen LogP contribution in [0.5, 0.6) is 0 Å². The maximum Gasteiger partial charge on any atom is 0.407 e. The molecule has 200 valence electrons. The first kappa shape index (κ1) is 28.8. The zero-order chi connectivity index (χ0) is 26.5. The number of amides is 3. The Bertz CT molecular complexity index is 864. The van der Waals surface area contributed by atoms with Crippen molar-refractivity contribution in [3.8, 4) is 0 Å². The summed E-state index contributed by atoms with van der Waals surface area (Å²) in [5, 5.41) is 27.1. The fourth-order valence-corrected chi connectivity index (χ4v) is 4.17. The molecular formula is C24H37N5O7. The molecule has 0 aromatic carbocycles. The standard InChI is InChI=1S/C24H37N5O7/c1-3-7-16(8-4-2)22(31)28-19(23(32)33)13-27-21(30)15-36-18-11-17(29(14-18)24(34)35)12-26-20-9-5-6-10-25-20/h5-6,9-10,16-19H,3-4,7-8,11-15H2,1-2H3,(H,25,26)(H,27,30)(H,28,31)(H,32,33)(H,34,35). The molecule has 2 rings (SSSR count). The lowest BCUT2D eigenvalue weighted by molar-refractivity contribution is -0.142. The summed E-state index contributed by atoms with van der Waals surface area (Å²) in [5.41, 5.74) is 0. The lowest BCUT2D eigenvalue weighted by Gasteiger charge is -2.21. The number of aliphatic carboxylic acids is 1. The lowest BCUT2D eigenvalue weighted by Crippen LogP contribution is -2.50. The van der Waals surface area contributed by atoms with Gasteiger partial charge in [0.2, 0.25) is 11.8 Å². The van der Waals surface area contributed by atoms with Crippen LogP contribution in [0, 0.1) is 5.92 Å². The molecule has 1 saturated heterocycles. The number of likely N-dealkylation sites (tertiary alicyclic amines) is 1. The summed E-state index contributed by atoms with van der Waals surface area (Å²) in [7, 11) is 0. The minimum Gasteiger partial charge on any atom is -0.480 e. The number of aromatic nitrogens is 1. The number of nitrogens with zero attached hydrogens (tertiary/aromatic N) is 2. The zero-order valence-corrected chi connectivity index (χ0v) is 20.8. The van der Waals surface area contributed by atoms with Gasteiger partial charge in [-0.2, -0.15) is 0 Å². The molecule has 1 aliphatic heterocycles. The van der Waals surface area contributed by atoms with Gasteiger partial charge >= 0.3 is 12.1 Å². The molecule has 1 fully saturated rings. The first-order valence-corrected chi connectivity index (χ1v) is 12.3. The van der Waals surface area contributed by atoms with Crippen LogP contribution in [0.3, 0.4) is 0 Å². The molecule has 0 saturated carbocycles. The fraction of sp³-hybridized carbons (Fsp3) is 0.625. The number of anilines is 1. The van der Waals surface area contributed by atoms with Crippen molar-refractivity contribution in [1.82, 2.24) is 20.5 Å². The molecule has 5 N–H and O–H groups in total. The van der Waals surface area contributed by atoms with Gasteiger partial charge in [0, 0.05) is 25.2 Å². The topological polar surface area (TPSA) is 170 Å². The third-order valence-corrected chi connectivity index (χ3v) is 6.02. The van der Waals surface area contributed by atoms with Gasteiger partial charge in [-0.1, -0.05) is 32.8 Å². The van der Waals surface area contributed by atoms with Crippen molar-refractivity contribution in [3.05, 3.63) is 24.4 Å². The second-order valence-electron chi connectivity index (χ2n) is 8.83. The van der Waals surface area contributed by atoms with Crippen LogP contribution in [0.4, 0.5) is 10.6 Å². The molecule has 1 aromatic rings. The van der Waals surface area contributed by atoms with Gasteiger partial charge < -0.3 is 35.8 Å². The van der Waals surface area contributed by atoms with Gasteiger partial charge in [-0.15, -0.1) is 0 Å². The molecule has 0 spiro atoms. The van der Waals surface area contributed by atoms with Crippen molar-refractivity contribution in [1.29, 1.82) is 0 Å². The predicted molar refractivity (Wildman–Crippen MR) is 131 cm³/mol. The quantitative estimate of drug-likeness (QED) is 0.236. The summed E-state index contributed by atoms with van der Waals surface area (Å²) in [6.45, 7) is 3.74. The molecule has 1 aliphatic rings. The van der Waals surface area contributed by atoms with Crippen molar-refractivity contribution < 1.29 is 34.1 Å². The normalized spacial score (nSPS) is 18.0. The number of pyridine rings is 1. The fourth-order valence-electron chi connectivity index (χ4n) is 4.17. The Kier molecular flexibility index (Phi) is 11.9. The summed E-state index contributed by atoms with van der Waals surface area (Å²) in [6.07, 6.45) is 3.41. The molecule has 3 atom stereocenters. The van der Waals surface area contributed by atoms with Crippen molar-refractivity contribution in [2.45, 2.75) is 64.1 Å². The second kappa shape index (κ2) is 14.9. The summed E-state index contributed by atoms with van der Waals surface area (Å²) in [4.78, 5) is 53.4. The van der Waals surface area contributed by atoms with E-state index in [1.165, 1.54) is 4.90 Å². The van der Waals surface area contributed by atoms with E-state index < -0.39 is 30.1 Å². The number of carboxylic acid groups (broad SMARTS) is 2. The van der Waals surface area contributed by atoms with E-state index in [-0.39, 0.29) is 37.6 Å². The van der Waals surface area contributed by atoms with E-state index in [1.54, 1.807) is 18.3 Å². The molecule has 1 aromatic heterocycles. The van der Waals surface area contributed by atoms with Gasteiger partial charge in [-0.25, -0.2) is 14.6 Å². The van der Waals surface area contributed by atoms with Crippen molar-refractivity contribution in [3.63, 3.8) is 0 Å². The molecule has 0 aliphatic carbocycles. The van der Waals surface area contributed by atoms with Gasteiger partial charge in [0.1, 0.15) is 18.5 Å². The van der Waals surface area contributed by atoms with Crippen LogP contribution in [0.25, 0.3) is 0 Å². The second-order valence-corrected chi connectivity index (χ2v) is 8.83. The lowest BCUT2D eigenvalue weighted by atomic mass is 9.97. The summed E-state index contributed by atoms with van der Waals surface area (Å²) < 4.78 is 5.61. The predicted octanol–water partition coefficient (Wildman–Crippen LogP) is 1.53. The molecule has 0 bridgehead atoms. The van der Waals surface area contributed by atoms with Crippen LogP contribution >= 0.6 is 0 Å². The van der Waals surface area contributed by atoms with Crippen molar-refractivity contribution in [2.24, 2.45) is 5.92 Å². The van der Waals surface area contributed by atoms with E-state index in [1.807, 2.05) is 19.9 Å². The first-order valence-electron chi connectivity index (χ1n) is 12.3. The monoisotopic (exact) mass is 507 g/mol. The van der Waals surface area contributed by atoms with E-state index in [4.69, 9.17) is 4.74 Å². The van der Waals surface area contributed by atoms with Gasteiger partial charge in [-0.3, -0.25) is 9.59 Å². The number of rotatable bonds is 15. The molecule has 3 unspecified atom stereocenters. The summed E-state index contributed by atoms with van der Waals surface area (Å²) in [6, 6.07) is 3.76. The SMILES string of the molecule is CCCC(CCC)C(=O)NC(CNC(=O)COC1CC(CNc2ccccn2)N(C(=O)O)C1)C(=O)O. The van der Waals surface area contributed by atoms with Crippen LogP contribution in [0.15, 0.2) is 24.4 Å². The third kappa shape index (κ3) is 9.33. The number of hydrogen-bond donors (Lipinski definition) is 5. The largest absolute Gasteiger partial charge is 0.480 e. The van der Waals surface area contributed by atoms with Crippen LogP contribution in [-0.2, 0) is 19.1 Å². The number of carbonyl (C=O) groups excluding carboxylic acids is 2. The van der Waals surface area contributed by atoms with E-state index in [9.17, 15) is 29.4 Å².